The number of hydrogen-bond acceptors (Lipinski definition) is 3. The Kier molecular flexibility index (Phi) is 4.77. The Morgan fingerprint density at radius 2 is 1.81 bits per heavy atom. The molecule has 0 radical (unpaired) electrons. The number of anilines is 1. The summed E-state index contributed by atoms with van der Waals surface area (Å²) in [5.74, 6) is 0. The van der Waals surface area contributed by atoms with E-state index >= 15 is 0 Å². The molecule has 3 heteroatoms. The van der Waals surface area contributed by atoms with Crippen LogP contribution in [-0.4, -0.2) is 39.1 Å². The minimum absolute atomic E-state index is 0.601. The molecule has 0 saturated heterocycles. The van der Waals surface area contributed by atoms with Gasteiger partial charge in [0.25, 0.3) is 0 Å². The molecule has 0 aliphatic heterocycles. The van der Waals surface area contributed by atoms with E-state index in [1.54, 1.807) is 0 Å². The highest BCUT2D eigenvalue weighted by Gasteiger charge is 2.09. The van der Waals surface area contributed by atoms with Crippen LogP contribution in [-0.2, 0) is 6.54 Å². The summed E-state index contributed by atoms with van der Waals surface area (Å²) < 4.78 is 0. The summed E-state index contributed by atoms with van der Waals surface area (Å²) in [4.78, 5) is 4.48. The molecule has 0 fully saturated rings. The Balaban J connectivity index is 2.84. The molecule has 2 N–H and O–H groups in total. The van der Waals surface area contributed by atoms with E-state index in [1.165, 1.54) is 16.8 Å². The molecule has 0 aliphatic rings. The lowest BCUT2D eigenvalue weighted by Gasteiger charge is -2.25. The maximum atomic E-state index is 5.78. The van der Waals surface area contributed by atoms with Gasteiger partial charge in [0.15, 0.2) is 0 Å². The molecule has 90 valence electrons. The predicted molar refractivity (Wildman–Crippen MR) is 70.9 cm³/mol. The molecule has 0 aliphatic carbocycles. The van der Waals surface area contributed by atoms with E-state index in [0.717, 1.165) is 13.1 Å². The van der Waals surface area contributed by atoms with Crippen molar-refractivity contribution in [3.63, 3.8) is 0 Å². The van der Waals surface area contributed by atoms with Crippen molar-refractivity contribution >= 4 is 5.69 Å². The molecule has 0 aromatic heterocycles. The summed E-state index contributed by atoms with van der Waals surface area (Å²) in [5, 5.41) is 0. The largest absolute Gasteiger partial charge is 0.373 e. The number of hydrogen-bond donors (Lipinski definition) is 1. The van der Waals surface area contributed by atoms with Gasteiger partial charge in [-0.1, -0.05) is 18.2 Å². The van der Waals surface area contributed by atoms with Gasteiger partial charge >= 0.3 is 0 Å². The smallest absolute Gasteiger partial charge is 0.0439 e. The number of benzene rings is 1. The Morgan fingerprint density at radius 3 is 2.38 bits per heavy atom. The molecule has 0 amide bonds. The number of para-hydroxylation sites is 1. The molecule has 0 saturated carbocycles. The fourth-order valence-electron chi connectivity index (χ4n) is 1.89. The molecule has 0 spiro atoms. The first-order valence-corrected chi connectivity index (χ1v) is 5.70. The van der Waals surface area contributed by atoms with Crippen LogP contribution in [0.4, 0.5) is 5.69 Å². The van der Waals surface area contributed by atoms with Crippen molar-refractivity contribution in [2.45, 2.75) is 13.5 Å². The van der Waals surface area contributed by atoms with Crippen molar-refractivity contribution in [3.8, 4) is 0 Å². The second-order valence-corrected chi connectivity index (χ2v) is 4.51. The molecule has 1 rings (SSSR count). The molecule has 1 aromatic carbocycles. The average Bonchev–Trinajstić information content (AvgIpc) is 2.25. The van der Waals surface area contributed by atoms with E-state index in [9.17, 15) is 0 Å². The zero-order chi connectivity index (χ0) is 12.1. The van der Waals surface area contributed by atoms with Gasteiger partial charge in [0.2, 0.25) is 0 Å². The fraction of sp³-hybridized carbons (Fsp3) is 0.538. The van der Waals surface area contributed by atoms with Gasteiger partial charge in [-0.15, -0.1) is 0 Å². The van der Waals surface area contributed by atoms with Gasteiger partial charge in [0, 0.05) is 32.4 Å². The van der Waals surface area contributed by atoms with Crippen LogP contribution in [0.25, 0.3) is 0 Å². The first-order valence-electron chi connectivity index (χ1n) is 5.70. The predicted octanol–water partition coefficient (Wildman–Crippen LogP) is 1.45. The van der Waals surface area contributed by atoms with Crippen LogP contribution in [0.2, 0.25) is 0 Å². The zero-order valence-electron chi connectivity index (χ0n) is 10.8. The summed E-state index contributed by atoms with van der Waals surface area (Å²) in [7, 11) is 6.32. The topological polar surface area (TPSA) is 32.5 Å². The van der Waals surface area contributed by atoms with Gasteiger partial charge < -0.3 is 15.5 Å². The summed E-state index contributed by atoms with van der Waals surface area (Å²) in [5.41, 5.74) is 9.58. The molecule has 1 aromatic rings. The van der Waals surface area contributed by atoms with Crippen molar-refractivity contribution in [1.29, 1.82) is 0 Å². The van der Waals surface area contributed by atoms with E-state index in [-0.39, 0.29) is 0 Å². The van der Waals surface area contributed by atoms with Crippen LogP contribution in [0.1, 0.15) is 11.1 Å². The van der Waals surface area contributed by atoms with Crippen LogP contribution < -0.4 is 10.6 Å². The molecule has 0 atom stereocenters. The number of likely N-dealkylation sites (N-methyl/N-ethyl adjacent to an activating group) is 2. The minimum atomic E-state index is 0.601. The van der Waals surface area contributed by atoms with Crippen LogP contribution >= 0.6 is 0 Å². The molecule has 0 heterocycles. The molecular weight excluding hydrogens is 198 g/mol. The van der Waals surface area contributed by atoms with Gasteiger partial charge in [-0.2, -0.15) is 0 Å². The molecule has 16 heavy (non-hydrogen) atoms. The van der Waals surface area contributed by atoms with Crippen molar-refractivity contribution in [3.05, 3.63) is 29.3 Å². The quantitative estimate of drug-likeness (QED) is 0.817. The number of aryl methyl sites for hydroxylation is 1. The van der Waals surface area contributed by atoms with E-state index in [4.69, 9.17) is 5.73 Å². The van der Waals surface area contributed by atoms with Gasteiger partial charge in [-0.05, 0) is 32.1 Å². The van der Waals surface area contributed by atoms with E-state index in [0.29, 0.717) is 6.54 Å². The molecule has 0 unspecified atom stereocenters. The van der Waals surface area contributed by atoms with E-state index in [1.807, 2.05) is 0 Å². The van der Waals surface area contributed by atoms with Gasteiger partial charge in [0.1, 0.15) is 0 Å². The first kappa shape index (κ1) is 13.0. The van der Waals surface area contributed by atoms with Crippen LogP contribution in [0.15, 0.2) is 18.2 Å². The third-order valence-electron chi connectivity index (χ3n) is 2.81. The Bertz CT molecular complexity index is 334. The van der Waals surface area contributed by atoms with Crippen molar-refractivity contribution in [1.82, 2.24) is 4.90 Å². The summed E-state index contributed by atoms with van der Waals surface area (Å²) >= 11 is 0. The molecule has 3 nitrogen and oxygen atoms in total. The Hall–Kier alpha value is -1.06. The Morgan fingerprint density at radius 1 is 1.12 bits per heavy atom. The second kappa shape index (κ2) is 5.87. The number of rotatable bonds is 5. The highest BCUT2D eigenvalue weighted by molar-refractivity contribution is 5.58. The number of nitrogens with zero attached hydrogens (tertiary/aromatic N) is 2. The lowest BCUT2D eigenvalue weighted by molar-refractivity contribution is 0.416. The van der Waals surface area contributed by atoms with Gasteiger partial charge in [0.05, 0.1) is 0 Å². The van der Waals surface area contributed by atoms with Crippen LogP contribution in [0.3, 0.4) is 0 Å². The van der Waals surface area contributed by atoms with Gasteiger partial charge in [-0.3, -0.25) is 0 Å². The van der Waals surface area contributed by atoms with Crippen LogP contribution in [0.5, 0.6) is 0 Å². The average molecular weight is 221 g/mol. The lowest BCUT2D eigenvalue weighted by atomic mass is 10.1. The lowest BCUT2D eigenvalue weighted by Crippen LogP contribution is -2.29. The maximum Gasteiger partial charge on any atom is 0.0439 e. The van der Waals surface area contributed by atoms with Gasteiger partial charge in [-0.25, -0.2) is 0 Å². The van der Waals surface area contributed by atoms with Crippen molar-refractivity contribution in [2.24, 2.45) is 5.73 Å². The van der Waals surface area contributed by atoms with E-state index < -0.39 is 0 Å². The van der Waals surface area contributed by atoms with Crippen LogP contribution in [0, 0.1) is 6.92 Å². The van der Waals surface area contributed by atoms with E-state index in [2.05, 4.69) is 56.1 Å². The molecule has 0 bridgehead atoms. The maximum absolute atomic E-state index is 5.78. The number of nitrogens with two attached hydrogens (primary N) is 1. The Labute approximate surface area is 98.8 Å². The SMILES string of the molecule is Cc1cccc(CN)c1N(C)CCN(C)C. The summed E-state index contributed by atoms with van der Waals surface area (Å²) in [6.07, 6.45) is 0. The second-order valence-electron chi connectivity index (χ2n) is 4.51. The third kappa shape index (κ3) is 3.22. The first-order chi connectivity index (χ1) is 7.56. The summed E-state index contributed by atoms with van der Waals surface area (Å²) in [6.45, 7) is 4.81. The third-order valence-corrected chi connectivity index (χ3v) is 2.81. The minimum Gasteiger partial charge on any atom is -0.373 e. The zero-order valence-corrected chi connectivity index (χ0v) is 10.8. The van der Waals surface area contributed by atoms with Crippen molar-refractivity contribution in [2.75, 3.05) is 39.1 Å². The fourth-order valence-corrected chi connectivity index (χ4v) is 1.89. The molecular formula is C13H23N3. The summed E-state index contributed by atoms with van der Waals surface area (Å²) in [6, 6.07) is 6.32. The normalized spacial score (nSPS) is 10.9. The highest BCUT2D eigenvalue weighted by Crippen LogP contribution is 2.23. The van der Waals surface area contributed by atoms with Crippen molar-refractivity contribution < 1.29 is 0 Å². The monoisotopic (exact) mass is 221 g/mol. The highest BCUT2D eigenvalue weighted by atomic mass is 15.2. The standard InChI is InChI=1S/C13H23N3/c1-11-6-5-7-12(10-14)13(11)16(4)9-8-15(2)3/h5-7H,8-10,14H2,1-4H3.